The van der Waals surface area contributed by atoms with E-state index in [1.54, 1.807) is 0 Å². The van der Waals surface area contributed by atoms with Crippen molar-refractivity contribution in [3.05, 3.63) is 143 Å². The fourth-order valence-corrected chi connectivity index (χ4v) is 4.90. The second-order valence-electron chi connectivity index (χ2n) is 9.39. The van der Waals surface area contributed by atoms with Crippen molar-refractivity contribution in [2.45, 2.75) is 26.1 Å². The Balaban J connectivity index is 1.35. The topological polar surface area (TPSA) is 58.2 Å². The number of ether oxygens (including phenoxy) is 1. The summed E-state index contributed by atoms with van der Waals surface area (Å²) in [4.78, 5) is 15.6. The second kappa shape index (κ2) is 9.78. The number of aromatic amines is 1. The summed E-state index contributed by atoms with van der Waals surface area (Å²) in [5.74, 6) is 0.748. The third-order valence-corrected chi connectivity index (χ3v) is 6.83. The van der Waals surface area contributed by atoms with Crippen LogP contribution in [0, 0.1) is 6.92 Å². The zero-order valence-electron chi connectivity index (χ0n) is 20.6. The third kappa shape index (κ3) is 4.52. The fourth-order valence-electron chi connectivity index (χ4n) is 4.90. The number of aromatic nitrogens is 2. The van der Waals surface area contributed by atoms with E-state index in [1.807, 2.05) is 77.7 Å². The number of nitrogens with one attached hydrogen (secondary N) is 1. The predicted molar refractivity (Wildman–Crippen MR) is 144 cm³/mol. The van der Waals surface area contributed by atoms with Gasteiger partial charge in [0.15, 0.2) is 0 Å². The van der Waals surface area contributed by atoms with Gasteiger partial charge in [-0.05, 0) is 35.7 Å². The molecule has 2 heterocycles. The Bertz CT molecular complexity index is 1510. The number of aryl methyl sites for hydroxylation is 1. The molecule has 0 saturated carbocycles. The molecule has 0 spiro atoms. The van der Waals surface area contributed by atoms with E-state index in [-0.39, 0.29) is 11.9 Å². The summed E-state index contributed by atoms with van der Waals surface area (Å²) in [6, 6.07) is 36.3. The van der Waals surface area contributed by atoms with Gasteiger partial charge >= 0.3 is 0 Å². The van der Waals surface area contributed by atoms with Crippen LogP contribution in [0.2, 0.25) is 0 Å². The maximum Gasteiger partial charge on any atom is 0.273 e. The number of carbonyl (C=O) groups excluding carboxylic acids is 1. The van der Waals surface area contributed by atoms with E-state index in [0.717, 1.165) is 39.3 Å². The monoisotopic (exact) mass is 485 g/mol. The van der Waals surface area contributed by atoms with Crippen LogP contribution >= 0.6 is 0 Å². The van der Waals surface area contributed by atoms with E-state index < -0.39 is 0 Å². The molecule has 1 amide bonds. The van der Waals surface area contributed by atoms with Gasteiger partial charge in [-0.2, -0.15) is 5.10 Å². The Kier molecular flexibility index (Phi) is 6.03. The number of hydrogen-bond donors (Lipinski definition) is 1. The zero-order valence-corrected chi connectivity index (χ0v) is 20.6. The molecule has 5 nitrogen and oxygen atoms in total. The molecular formula is C32H27N3O2. The third-order valence-electron chi connectivity index (χ3n) is 6.83. The predicted octanol–water partition coefficient (Wildman–Crippen LogP) is 6.71. The van der Waals surface area contributed by atoms with E-state index in [2.05, 4.69) is 53.5 Å². The van der Waals surface area contributed by atoms with Gasteiger partial charge in [0, 0.05) is 17.7 Å². The summed E-state index contributed by atoms with van der Waals surface area (Å²) < 4.78 is 6.01. The largest absolute Gasteiger partial charge is 0.489 e. The molecular weight excluding hydrogens is 458 g/mol. The van der Waals surface area contributed by atoms with Gasteiger partial charge in [0.1, 0.15) is 18.1 Å². The average Bonchev–Trinajstić information content (AvgIpc) is 3.49. The van der Waals surface area contributed by atoms with Crippen molar-refractivity contribution in [2.75, 3.05) is 0 Å². The van der Waals surface area contributed by atoms with Gasteiger partial charge in [-0.15, -0.1) is 0 Å². The van der Waals surface area contributed by atoms with Crippen LogP contribution in [-0.2, 0) is 13.2 Å². The molecule has 1 aliphatic rings. The number of hydrogen-bond acceptors (Lipinski definition) is 3. The average molecular weight is 486 g/mol. The molecule has 5 aromatic rings. The summed E-state index contributed by atoms with van der Waals surface area (Å²) in [6.07, 6.45) is 0. The van der Waals surface area contributed by atoms with E-state index in [9.17, 15) is 4.79 Å². The molecule has 0 radical (unpaired) electrons. The van der Waals surface area contributed by atoms with Crippen molar-refractivity contribution in [3.8, 4) is 17.0 Å². The molecule has 5 heteroatoms. The highest BCUT2D eigenvalue weighted by Crippen LogP contribution is 2.43. The van der Waals surface area contributed by atoms with Crippen molar-refractivity contribution < 1.29 is 9.53 Å². The van der Waals surface area contributed by atoms with Gasteiger partial charge in [0.25, 0.3) is 5.91 Å². The number of H-pyrrole nitrogens is 1. The van der Waals surface area contributed by atoms with Crippen molar-refractivity contribution in [2.24, 2.45) is 0 Å². The first-order valence-corrected chi connectivity index (χ1v) is 12.4. The number of amides is 1. The Labute approximate surface area is 216 Å². The molecule has 1 N–H and O–H groups in total. The SMILES string of the molecule is Cc1ccc(CN2C(=O)c3[nH]nc(-c4ccccc4)c3C2c2ccc(OCc3ccccc3)cc2)cc1. The minimum Gasteiger partial charge on any atom is -0.489 e. The smallest absolute Gasteiger partial charge is 0.273 e. The highest BCUT2D eigenvalue weighted by atomic mass is 16.5. The van der Waals surface area contributed by atoms with Gasteiger partial charge in [-0.25, -0.2) is 0 Å². The van der Waals surface area contributed by atoms with Gasteiger partial charge in [0.05, 0.1) is 11.7 Å². The summed E-state index contributed by atoms with van der Waals surface area (Å²) in [7, 11) is 0. The van der Waals surface area contributed by atoms with E-state index in [4.69, 9.17) is 4.74 Å². The first-order valence-electron chi connectivity index (χ1n) is 12.4. The Morgan fingerprint density at radius 3 is 2.19 bits per heavy atom. The lowest BCUT2D eigenvalue weighted by Crippen LogP contribution is -2.29. The standard InChI is InChI=1S/C32H27N3O2/c1-22-12-14-23(15-13-22)20-35-31(26-16-18-27(19-17-26)37-21-24-8-4-2-5-9-24)28-29(25-10-6-3-7-11-25)33-34-30(28)32(35)36/h2-19,31H,20-21H2,1H3,(H,33,34). The zero-order chi connectivity index (χ0) is 25.2. The lowest BCUT2D eigenvalue weighted by Gasteiger charge is -2.27. The molecule has 37 heavy (non-hydrogen) atoms. The Morgan fingerprint density at radius 1 is 0.811 bits per heavy atom. The number of rotatable bonds is 7. The minimum absolute atomic E-state index is 0.0420. The van der Waals surface area contributed by atoms with Crippen LogP contribution in [0.3, 0.4) is 0 Å². The number of benzene rings is 4. The van der Waals surface area contributed by atoms with Crippen LogP contribution in [0.1, 0.15) is 44.3 Å². The highest BCUT2D eigenvalue weighted by Gasteiger charge is 2.42. The lowest BCUT2D eigenvalue weighted by molar-refractivity contribution is 0.0730. The van der Waals surface area contributed by atoms with Gasteiger partial charge in [0.2, 0.25) is 0 Å². The van der Waals surface area contributed by atoms with Crippen molar-refractivity contribution in [1.29, 1.82) is 0 Å². The summed E-state index contributed by atoms with van der Waals surface area (Å²) in [6.45, 7) is 3.08. The molecule has 1 atom stereocenters. The van der Waals surface area contributed by atoms with Crippen LogP contribution in [0.15, 0.2) is 109 Å². The molecule has 4 aromatic carbocycles. The Hall–Kier alpha value is -4.64. The van der Waals surface area contributed by atoms with Crippen molar-refractivity contribution >= 4 is 5.91 Å². The van der Waals surface area contributed by atoms with Crippen LogP contribution in [-0.4, -0.2) is 21.0 Å². The maximum atomic E-state index is 13.7. The number of fused-ring (bicyclic) bond motifs is 1. The molecule has 1 aliphatic heterocycles. The molecule has 0 aliphatic carbocycles. The Morgan fingerprint density at radius 2 is 1.49 bits per heavy atom. The van der Waals surface area contributed by atoms with Gasteiger partial charge in [-0.1, -0.05) is 103 Å². The van der Waals surface area contributed by atoms with E-state index in [1.165, 1.54) is 5.56 Å². The first-order chi connectivity index (χ1) is 18.2. The summed E-state index contributed by atoms with van der Waals surface area (Å²) in [5.41, 5.74) is 7.69. The van der Waals surface area contributed by atoms with Crippen molar-refractivity contribution in [3.63, 3.8) is 0 Å². The lowest BCUT2D eigenvalue weighted by atomic mass is 9.96. The van der Waals surface area contributed by atoms with Crippen LogP contribution in [0.4, 0.5) is 0 Å². The molecule has 6 rings (SSSR count). The normalized spacial score (nSPS) is 14.6. The molecule has 0 saturated heterocycles. The van der Waals surface area contributed by atoms with Crippen molar-refractivity contribution in [1.82, 2.24) is 15.1 Å². The first kappa shape index (κ1) is 22.8. The quantitative estimate of drug-likeness (QED) is 0.279. The maximum absolute atomic E-state index is 13.7. The van der Waals surface area contributed by atoms with Gasteiger partial charge < -0.3 is 9.64 Å². The number of nitrogens with zero attached hydrogens (tertiary/aromatic N) is 2. The fraction of sp³-hybridized carbons (Fsp3) is 0.125. The van der Waals surface area contributed by atoms with E-state index in [0.29, 0.717) is 18.8 Å². The molecule has 1 aromatic heterocycles. The molecule has 182 valence electrons. The number of carbonyl (C=O) groups is 1. The highest BCUT2D eigenvalue weighted by molar-refractivity contribution is 6.00. The van der Waals surface area contributed by atoms with Crippen LogP contribution < -0.4 is 4.74 Å². The molecule has 0 bridgehead atoms. The second-order valence-corrected chi connectivity index (χ2v) is 9.39. The van der Waals surface area contributed by atoms with E-state index >= 15 is 0 Å². The molecule has 1 unspecified atom stereocenters. The van der Waals surface area contributed by atoms with Gasteiger partial charge in [-0.3, -0.25) is 9.89 Å². The minimum atomic E-state index is -0.263. The van der Waals surface area contributed by atoms with Crippen LogP contribution in [0.5, 0.6) is 5.75 Å². The summed E-state index contributed by atoms with van der Waals surface area (Å²) >= 11 is 0. The molecule has 0 fully saturated rings. The van der Waals surface area contributed by atoms with Crippen LogP contribution in [0.25, 0.3) is 11.3 Å². The summed E-state index contributed by atoms with van der Waals surface area (Å²) in [5, 5.41) is 7.61.